The fourth-order valence-electron chi connectivity index (χ4n) is 8.45. The van der Waals surface area contributed by atoms with Crippen LogP contribution in [-0.2, 0) is 5.41 Å². The van der Waals surface area contributed by atoms with E-state index in [1.54, 1.807) is 0 Å². The third-order valence-electron chi connectivity index (χ3n) is 10.3. The first-order chi connectivity index (χ1) is 22.3. The molecule has 2 heteroatoms. The summed E-state index contributed by atoms with van der Waals surface area (Å²) >= 11 is 1.86. The lowest BCUT2D eigenvalue weighted by atomic mass is 9.70. The molecule has 0 radical (unpaired) electrons. The van der Waals surface area contributed by atoms with Crippen LogP contribution in [0.1, 0.15) is 22.3 Å². The van der Waals surface area contributed by atoms with Crippen molar-refractivity contribution in [3.05, 3.63) is 168 Å². The lowest BCUT2D eigenvalue weighted by Crippen LogP contribution is -2.25. The lowest BCUT2D eigenvalue weighted by Gasteiger charge is -2.30. The summed E-state index contributed by atoms with van der Waals surface area (Å²) in [5, 5.41) is 4.96. The number of hydrogen-bond donors (Lipinski definition) is 0. The number of hydrogen-bond acceptors (Lipinski definition) is 2. The van der Waals surface area contributed by atoms with Gasteiger partial charge in [0.2, 0.25) is 0 Å². The van der Waals surface area contributed by atoms with Crippen molar-refractivity contribution in [1.82, 2.24) is 0 Å². The molecule has 45 heavy (non-hydrogen) atoms. The van der Waals surface area contributed by atoms with Gasteiger partial charge in [0, 0.05) is 30.9 Å². The van der Waals surface area contributed by atoms with Crippen LogP contribution in [0.25, 0.3) is 75.5 Å². The molecule has 7 aromatic carbocycles. The Morgan fingerprint density at radius 3 is 1.71 bits per heavy atom. The Kier molecular flexibility index (Phi) is 4.46. The maximum Gasteiger partial charge on any atom is 0.136 e. The highest BCUT2D eigenvalue weighted by atomic mass is 32.1. The number of rotatable bonds is 1. The third-order valence-corrected chi connectivity index (χ3v) is 11.5. The second-order valence-electron chi connectivity index (χ2n) is 12.4. The molecule has 0 bridgehead atoms. The molecule has 9 aromatic rings. The molecule has 0 N–H and O–H groups in total. The molecule has 0 unspecified atom stereocenters. The highest BCUT2D eigenvalue weighted by Crippen LogP contribution is 2.63. The first-order valence-electron chi connectivity index (χ1n) is 15.5. The van der Waals surface area contributed by atoms with Gasteiger partial charge in [-0.3, -0.25) is 0 Å². The highest BCUT2D eigenvalue weighted by molar-refractivity contribution is 7.25. The zero-order valence-corrected chi connectivity index (χ0v) is 25.0. The van der Waals surface area contributed by atoms with Crippen molar-refractivity contribution >= 4 is 53.4 Å². The average molecular weight is 589 g/mol. The molecule has 2 heterocycles. The van der Waals surface area contributed by atoms with E-state index in [1.807, 2.05) is 11.3 Å². The molecule has 2 aliphatic rings. The van der Waals surface area contributed by atoms with E-state index in [0.29, 0.717) is 0 Å². The quantitative estimate of drug-likeness (QED) is 0.186. The van der Waals surface area contributed by atoms with Crippen molar-refractivity contribution in [1.29, 1.82) is 0 Å². The van der Waals surface area contributed by atoms with Crippen molar-refractivity contribution < 1.29 is 4.42 Å². The predicted octanol–water partition coefficient (Wildman–Crippen LogP) is 12.0. The van der Waals surface area contributed by atoms with Gasteiger partial charge >= 0.3 is 0 Å². The van der Waals surface area contributed by atoms with Gasteiger partial charge in [-0.1, -0.05) is 103 Å². The Hall–Kier alpha value is -5.44. The van der Waals surface area contributed by atoms with E-state index in [2.05, 4.69) is 146 Å². The monoisotopic (exact) mass is 588 g/mol. The summed E-state index contributed by atoms with van der Waals surface area (Å²) in [6, 6.07) is 53.8. The molecule has 2 aromatic heterocycles. The van der Waals surface area contributed by atoms with E-state index in [-0.39, 0.29) is 5.41 Å². The molecule has 0 atom stereocenters. The molecule has 0 amide bonds. The molecule has 0 saturated heterocycles. The van der Waals surface area contributed by atoms with Crippen LogP contribution in [0, 0.1) is 0 Å². The van der Waals surface area contributed by atoms with Gasteiger partial charge < -0.3 is 4.42 Å². The highest BCUT2D eigenvalue weighted by Gasteiger charge is 2.51. The molecule has 0 saturated carbocycles. The molecule has 1 nitrogen and oxygen atoms in total. The van der Waals surface area contributed by atoms with Crippen LogP contribution in [0.5, 0.6) is 0 Å². The van der Waals surface area contributed by atoms with Crippen LogP contribution in [-0.4, -0.2) is 0 Å². The third kappa shape index (κ3) is 2.93. The number of benzene rings is 7. The second-order valence-corrected chi connectivity index (χ2v) is 13.5. The number of thiophene rings is 1. The van der Waals surface area contributed by atoms with E-state index in [4.69, 9.17) is 4.42 Å². The summed E-state index contributed by atoms with van der Waals surface area (Å²) < 4.78 is 9.42. The van der Waals surface area contributed by atoms with E-state index in [9.17, 15) is 0 Å². The summed E-state index contributed by atoms with van der Waals surface area (Å²) in [5.74, 6) is 0. The standard InChI is InChI=1S/C43H24OS/c1-5-13-35-27(9-1)28-10-2-6-14-36(28)43(35)37-15-7-3-11-29(37)32-23-33-30-19-17-26(22-39(30)44-40(33)24-38(32)43)25-18-20-42-34(21-25)31-12-4-8-16-41(31)45-42/h1-24H. The number of fused-ring (bicyclic) bond motifs is 16. The van der Waals surface area contributed by atoms with E-state index >= 15 is 0 Å². The van der Waals surface area contributed by atoms with Crippen molar-refractivity contribution in [3.8, 4) is 33.4 Å². The summed E-state index contributed by atoms with van der Waals surface area (Å²) in [6.07, 6.45) is 0. The minimum Gasteiger partial charge on any atom is -0.456 e. The SMILES string of the molecule is c1ccc2c(c1)-c1ccccc1C21c2ccccc2-c2cc3c(cc21)oc1cc(-c2ccc4sc5ccccc5c4c2)ccc13. The van der Waals surface area contributed by atoms with Gasteiger partial charge in [0.25, 0.3) is 0 Å². The zero-order chi connectivity index (χ0) is 29.3. The average Bonchev–Trinajstić information content (AvgIpc) is 3.81. The van der Waals surface area contributed by atoms with Crippen LogP contribution in [0.4, 0.5) is 0 Å². The van der Waals surface area contributed by atoms with Gasteiger partial charge in [-0.15, -0.1) is 11.3 Å². The van der Waals surface area contributed by atoms with Crippen molar-refractivity contribution in [2.75, 3.05) is 0 Å². The summed E-state index contributed by atoms with van der Waals surface area (Å²) in [6.45, 7) is 0. The fourth-order valence-corrected chi connectivity index (χ4v) is 9.53. The summed E-state index contributed by atoms with van der Waals surface area (Å²) in [4.78, 5) is 0. The van der Waals surface area contributed by atoms with Crippen molar-refractivity contribution in [2.45, 2.75) is 5.41 Å². The first-order valence-corrected chi connectivity index (χ1v) is 16.3. The maximum atomic E-state index is 6.76. The summed E-state index contributed by atoms with van der Waals surface area (Å²) in [7, 11) is 0. The molecule has 2 aliphatic carbocycles. The van der Waals surface area contributed by atoms with Crippen molar-refractivity contribution in [3.63, 3.8) is 0 Å². The van der Waals surface area contributed by atoms with Gasteiger partial charge in [-0.2, -0.15) is 0 Å². The largest absolute Gasteiger partial charge is 0.456 e. The molecule has 11 rings (SSSR count). The molecular formula is C43H24OS. The van der Waals surface area contributed by atoms with E-state index < -0.39 is 0 Å². The topological polar surface area (TPSA) is 13.1 Å². The Labute approximate surface area is 263 Å². The first kappa shape index (κ1) is 23.9. The molecule has 1 spiro atoms. The van der Waals surface area contributed by atoms with Crippen LogP contribution < -0.4 is 0 Å². The van der Waals surface area contributed by atoms with Gasteiger partial charge in [0.05, 0.1) is 5.41 Å². The van der Waals surface area contributed by atoms with Gasteiger partial charge in [0.1, 0.15) is 11.2 Å². The van der Waals surface area contributed by atoms with Crippen LogP contribution >= 0.6 is 11.3 Å². The minimum absolute atomic E-state index is 0.365. The van der Waals surface area contributed by atoms with E-state index in [1.165, 1.54) is 81.2 Å². The maximum absolute atomic E-state index is 6.76. The molecule has 208 valence electrons. The Morgan fingerprint density at radius 2 is 0.956 bits per heavy atom. The fraction of sp³-hybridized carbons (Fsp3) is 0.0233. The Morgan fingerprint density at radius 1 is 0.378 bits per heavy atom. The minimum atomic E-state index is -0.365. The Balaban J connectivity index is 1.15. The number of furan rings is 1. The van der Waals surface area contributed by atoms with Gasteiger partial charge in [-0.05, 0) is 98.1 Å². The second kappa shape index (κ2) is 8.38. The van der Waals surface area contributed by atoms with Gasteiger partial charge in [0.15, 0.2) is 0 Å². The normalized spacial score (nSPS) is 14.0. The van der Waals surface area contributed by atoms with Crippen LogP contribution in [0.2, 0.25) is 0 Å². The lowest BCUT2D eigenvalue weighted by molar-refractivity contribution is 0.666. The molecular weight excluding hydrogens is 565 g/mol. The molecule has 0 aliphatic heterocycles. The predicted molar refractivity (Wildman–Crippen MR) is 188 cm³/mol. The molecule has 0 fully saturated rings. The van der Waals surface area contributed by atoms with Crippen molar-refractivity contribution in [2.24, 2.45) is 0 Å². The van der Waals surface area contributed by atoms with Crippen LogP contribution in [0.15, 0.2) is 150 Å². The zero-order valence-electron chi connectivity index (χ0n) is 24.2. The smallest absolute Gasteiger partial charge is 0.136 e. The van der Waals surface area contributed by atoms with E-state index in [0.717, 1.165) is 16.6 Å². The summed E-state index contributed by atoms with van der Waals surface area (Å²) in [5.41, 5.74) is 14.5. The Bertz CT molecular complexity index is 2670. The van der Waals surface area contributed by atoms with Gasteiger partial charge in [-0.25, -0.2) is 0 Å². The van der Waals surface area contributed by atoms with Crippen LogP contribution in [0.3, 0.4) is 0 Å².